The van der Waals surface area contributed by atoms with Gasteiger partial charge in [-0.05, 0) is 19.1 Å². The Hall–Kier alpha value is -2.73. The van der Waals surface area contributed by atoms with Gasteiger partial charge in [0.2, 0.25) is 0 Å². The molecule has 0 aliphatic carbocycles. The summed E-state index contributed by atoms with van der Waals surface area (Å²) < 4.78 is 5.86. The van der Waals surface area contributed by atoms with Gasteiger partial charge in [-0.2, -0.15) is 0 Å². The molecule has 1 atom stereocenters. The van der Waals surface area contributed by atoms with Crippen molar-refractivity contribution in [2.45, 2.75) is 17.4 Å². The third kappa shape index (κ3) is 3.44. The van der Waals surface area contributed by atoms with Crippen molar-refractivity contribution in [3.8, 4) is 22.6 Å². The van der Waals surface area contributed by atoms with Crippen LogP contribution in [0, 0.1) is 0 Å². The molecule has 1 aromatic heterocycles. The van der Waals surface area contributed by atoms with E-state index >= 15 is 0 Å². The molecule has 6 heteroatoms. The lowest BCUT2D eigenvalue weighted by molar-refractivity contribution is -0.136. The first-order chi connectivity index (χ1) is 11.5. The number of hydrogen-bond acceptors (Lipinski definition) is 5. The summed E-state index contributed by atoms with van der Waals surface area (Å²) in [5.74, 6) is -0.297. The van der Waals surface area contributed by atoms with Gasteiger partial charge in [-0.1, -0.05) is 54.2 Å². The van der Waals surface area contributed by atoms with Gasteiger partial charge < -0.3 is 15.3 Å². The van der Waals surface area contributed by atoms with Gasteiger partial charge in [0, 0.05) is 16.8 Å². The highest BCUT2D eigenvalue weighted by molar-refractivity contribution is 8.00. The number of nitrogens with zero attached hydrogens (tertiary/aromatic N) is 1. The van der Waals surface area contributed by atoms with Crippen LogP contribution < -0.4 is 5.73 Å². The second-order valence-electron chi connectivity index (χ2n) is 5.24. The molecule has 1 unspecified atom stereocenters. The molecule has 0 spiro atoms. The number of carboxylic acids is 1. The summed E-state index contributed by atoms with van der Waals surface area (Å²) in [6.45, 7) is 1.60. The van der Waals surface area contributed by atoms with E-state index < -0.39 is 11.2 Å². The summed E-state index contributed by atoms with van der Waals surface area (Å²) in [4.78, 5) is 15.6. The largest absolute Gasteiger partial charge is 0.480 e. The molecule has 24 heavy (non-hydrogen) atoms. The number of benzene rings is 2. The molecule has 1 heterocycles. The van der Waals surface area contributed by atoms with E-state index in [1.807, 2.05) is 42.5 Å². The van der Waals surface area contributed by atoms with E-state index in [4.69, 9.17) is 15.3 Å². The summed E-state index contributed by atoms with van der Waals surface area (Å²) in [6, 6.07) is 16.9. The predicted molar refractivity (Wildman–Crippen MR) is 94.7 cm³/mol. The standard InChI is InChI=1S/C18H16N2O3S/c1-11(17(21)22)24-18-20-15(12-7-9-14(19)10-8-12)16(23-18)13-5-3-2-4-6-13/h2-11H,19H2,1H3,(H,21,22). The van der Waals surface area contributed by atoms with Crippen LogP contribution in [0.1, 0.15) is 6.92 Å². The van der Waals surface area contributed by atoms with Gasteiger partial charge in [-0.25, -0.2) is 4.98 Å². The van der Waals surface area contributed by atoms with Crippen molar-refractivity contribution in [2.24, 2.45) is 0 Å². The summed E-state index contributed by atoms with van der Waals surface area (Å²) in [5, 5.41) is 8.76. The zero-order valence-electron chi connectivity index (χ0n) is 13.0. The Bertz CT molecular complexity index is 844. The van der Waals surface area contributed by atoms with Crippen molar-refractivity contribution in [3.63, 3.8) is 0 Å². The van der Waals surface area contributed by atoms with Gasteiger partial charge >= 0.3 is 5.97 Å². The maximum absolute atomic E-state index is 11.1. The van der Waals surface area contributed by atoms with Crippen LogP contribution >= 0.6 is 11.8 Å². The minimum atomic E-state index is -0.909. The van der Waals surface area contributed by atoms with Crippen molar-refractivity contribution in [3.05, 3.63) is 54.6 Å². The molecule has 0 fully saturated rings. The van der Waals surface area contributed by atoms with Crippen LogP contribution in [0.5, 0.6) is 0 Å². The summed E-state index contributed by atoms with van der Waals surface area (Å²) in [5.41, 5.74) is 8.82. The molecular formula is C18H16N2O3S. The lowest BCUT2D eigenvalue weighted by atomic mass is 10.1. The zero-order valence-corrected chi connectivity index (χ0v) is 13.8. The fourth-order valence-corrected chi connectivity index (χ4v) is 2.85. The highest BCUT2D eigenvalue weighted by atomic mass is 32.2. The van der Waals surface area contributed by atoms with Crippen LogP contribution in [0.2, 0.25) is 0 Å². The van der Waals surface area contributed by atoms with Crippen molar-refractivity contribution in [1.29, 1.82) is 0 Å². The highest BCUT2D eigenvalue weighted by Crippen LogP contribution is 2.36. The van der Waals surface area contributed by atoms with Crippen molar-refractivity contribution in [1.82, 2.24) is 4.98 Å². The minimum absolute atomic E-state index is 0.329. The average molecular weight is 340 g/mol. The molecular weight excluding hydrogens is 324 g/mol. The van der Waals surface area contributed by atoms with Crippen LogP contribution in [0.25, 0.3) is 22.6 Å². The van der Waals surface area contributed by atoms with E-state index in [9.17, 15) is 4.79 Å². The highest BCUT2D eigenvalue weighted by Gasteiger charge is 2.21. The number of carbonyl (C=O) groups is 1. The zero-order chi connectivity index (χ0) is 17.1. The minimum Gasteiger partial charge on any atom is -0.480 e. The number of oxazole rings is 1. The lowest BCUT2D eigenvalue weighted by Gasteiger charge is -2.02. The van der Waals surface area contributed by atoms with E-state index in [2.05, 4.69) is 4.98 Å². The molecule has 0 aliphatic rings. The van der Waals surface area contributed by atoms with Crippen LogP contribution in [0.3, 0.4) is 0 Å². The Morgan fingerprint density at radius 2 is 1.79 bits per heavy atom. The van der Waals surface area contributed by atoms with Crippen molar-refractivity contribution < 1.29 is 14.3 Å². The Morgan fingerprint density at radius 1 is 1.12 bits per heavy atom. The van der Waals surface area contributed by atoms with Gasteiger partial charge in [-0.3, -0.25) is 4.79 Å². The second-order valence-corrected chi connectivity index (χ2v) is 6.54. The quantitative estimate of drug-likeness (QED) is 0.535. The molecule has 5 nitrogen and oxygen atoms in total. The van der Waals surface area contributed by atoms with Crippen LogP contribution in [-0.2, 0) is 4.79 Å². The first kappa shape index (κ1) is 16.1. The maximum atomic E-state index is 11.1. The van der Waals surface area contributed by atoms with Crippen molar-refractivity contribution in [2.75, 3.05) is 5.73 Å². The fourth-order valence-electron chi connectivity index (χ4n) is 2.17. The van der Waals surface area contributed by atoms with E-state index in [1.165, 1.54) is 0 Å². The molecule has 3 rings (SSSR count). The number of nitrogen functional groups attached to an aromatic ring is 1. The fraction of sp³-hybridized carbons (Fsp3) is 0.111. The number of carboxylic acid groups (broad SMARTS) is 1. The van der Waals surface area contributed by atoms with Gasteiger partial charge in [0.1, 0.15) is 10.9 Å². The Balaban J connectivity index is 2.06. The first-order valence-corrected chi connectivity index (χ1v) is 8.24. The molecule has 0 bridgehead atoms. The Morgan fingerprint density at radius 3 is 2.42 bits per heavy atom. The van der Waals surface area contributed by atoms with E-state index in [0.717, 1.165) is 22.9 Å². The number of aromatic nitrogens is 1. The van der Waals surface area contributed by atoms with Crippen LogP contribution in [0.4, 0.5) is 5.69 Å². The first-order valence-electron chi connectivity index (χ1n) is 7.36. The SMILES string of the molecule is CC(Sc1nc(-c2ccc(N)cc2)c(-c2ccccc2)o1)C(=O)O. The van der Waals surface area contributed by atoms with Gasteiger partial charge in [0.05, 0.1) is 0 Å². The van der Waals surface area contributed by atoms with E-state index in [0.29, 0.717) is 22.4 Å². The third-order valence-corrected chi connectivity index (χ3v) is 4.38. The smallest absolute Gasteiger partial charge is 0.316 e. The van der Waals surface area contributed by atoms with Gasteiger partial charge in [0.15, 0.2) is 5.76 Å². The summed E-state index contributed by atoms with van der Waals surface area (Å²) >= 11 is 1.08. The number of anilines is 1. The van der Waals surface area contributed by atoms with Crippen molar-refractivity contribution >= 4 is 23.4 Å². The molecule has 3 aromatic rings. The van der Waals surface area contributed by atoms with E-state index in [-0.39, 0.29) is 0 Å². The topological polar surface area (TPSA) is 89.4 Å². The normalized spacial score (nSPS) is 12.0. The Kier molecular flexibility index (Phi) is 4.57. The van der Waals surface area contributed by atoms with Crippen LogP contribution in [0.15, 0.2) is 64.2 Å². The molecule has 0 saturated heterocycles. The van der Waals surface area contributed by atoms with Gasteiger partial charge in [0.25, 0.3) is 5.22 Å². The third-order valence-electron chi connectivity index (χ3n) is 3.45. The molecule has 122 valence electrons. The molecule has 0 aliphatic heterocycles. The lowest BCUT2D eigenvalue weighted by Crippen LogP contribution is -2.10. The average Bonchev–Trinajstić information content (AvgIpc) is 3.00. The molecule has 2 aromatic carbocycles. The molecule has 0 amide bonds. The monoisotopic (exact) mass is 340 g/mol. The summed E-state index contributed by atoms with van der Waals surface area (Å²) in [6.07, 6.45) is 0. The maximum Gasteiger partial charge on any atom is 0.316 e. The Labute approximate surface area is 143 Å². The molecule has 0 radical (unpaired) electrons. The number of aliphatic carboxylic acids is 1. The predicted octanol–water partition coefficient (Wildman–Crippen LogP) is 4.16. The molecule has 0 saturated carbocycles. The number of nitrogens with two attached hydrogens (primary N) is 1. The van der Waals surface area contributed by atoms with Crippen LogP contribution in [-0.4, -0.2) is 21.3 Å². The number of hydrogen-bond donors (Lipinski definition) is 2. The van der Waals surface area contributed by atoms with Gasteiger partial charge in [-0.15, -0.1) is 0 Å². The van der Waals surface area contributed by atoms with E-state index in [1.54, 1.807) is 19.1 Å². The second kappa shape index (κ2) is 6.80. The number of rotatable bonds is 5. The summed E-state index contributed by atoms with van der Waals surface area (Å²) in [7, 11) is 0. The molecule has 3 N–H and O–H groups in total. The number of thioether (sulfide) groups is 1.